The van der Waals surface area contributed by atoms with Crippen molar-refractivity contribution in [2.24, 2.45) is 5.10 Å². The van der Waals surface area contributed by atoms with Gasteiger partial charge in [-0.05, 0) is 48.4 Å². The van der Waals surface area contributed by atoms with E-state index in [-0.39, 0.29) is 28.7 Å². The molecule has 0 atom stereocenters. The van der Waals surface area contributed by atoms with E-state index >= 15 is 0 Å². The Bertz CT molecular complexity index is 1170. The number of rotatable bonds is 8. The molecule has 0 saturated heterocycles. The van der Waals surface area contributed by atoms with Crippen molar-refractivity contribution in [3.05, 3.63) is 89.5 Å². The van der Waals surface area contributed by atoms with E-state index in [0.717, 1.165) is 11.1 Å². The molecule has 8 heteroatoms. The van der Waals surface area contributed by atoms with E-state index in [2.05, 4.69) is 10.5 Å². The van der Waals surface area contributed by atoms with Gasteiger partial charge in [0.15, 0.2) is 11.5 Å². The minimum atomic E-state index is -4.00. The minimum Gasteiger partial charge on any atom is -0.493 e. The summed E-state index contributed by atoms with van der Waals surface area (Å²) in [5.74, 6) is 0.0159. The summed E-state index contributed by atoms with van der Waals surface area (Å²) in [5.41, 5.74) is 4.88. The van der Waals surface area contributed by atoms with E-state index in [1.54, 1.807) is 24.3 Å². The highest BCUT2D eigenvalue weighted by molar-refractivity contribution is 7.87. The number of hydrazone groups is 1. The van der Waals surface area contributed by atoms with Crippen LogP contribution in [0.25, 0.3) is 0 Å². The van der Waals surface area contributed by atoms with Gasteiger partial charge in [0.05, 0.1) is 19.7 Å². The lowest BCUT2D eigenvalue weighted by molar-refractivity contribution is -0.120. The van der Waals surface area contributed by atoms with Gasteiger partial charge in [0.2, 0.25) is 5.91 Å². The molecule has 0 aliphatic rings. The summed E-state index contributed by atoms with van der Waals surface area (Å²) in [6, 6.07) is 20.3. The molecule has 3 rings (SSSR count). The quantitative estimate of drug-likeness (QED) is 0.330. The Balaban J connectivity index is 1.67. The number of hydrogen-bond donors (Lipinski definition) is 1. The fourth-order valence-corrected chi connectivity index (χ4v) is 3.64. The van der Waals surface area contributed by atoms with Crippen molar-refractivity contribution in [3.63, 3.8) is 0 Å². The summed E-state index contributed by atoms with van der Waals surface area (Å²) < 4.78 is 35.5. The van der Waals surface area contributed by atoms with Crippen LogP contribution < -0.4 is 14.3 Å². The number of carbonyl (C=O) groups excluding carboxylic acids is 1. The molecule has 1 amide bonds. The molecule has 0 bridgehead atoms. The van der Waals surface area contributed by atoms with E-state index in [0.29, 0.717) is 5.56 Å². The van der Waals surface area contributed by atoms with Crippen LogP contribution >= 0.6 is 0 Å². The first-order valence-electron chi connectivity index (χ1n) is 9.42. The van der Waals surface area contributed by atoms with Gasteiger partial charge in [0, 0.05) is 0 Å². The maximum Gasteiger partial charge on any atom is 0.339 e. The van der Waals surface area contributed by atoms with Crippen LogP contribution in [0.5, 0.6) is 11.5 Å². The number of ether oxygens (including phenoxy) is 1. The van der Waals surface area contributed by atoms with Gasteiger partial charge in [-0.15, -0.1) is 0 Å². The van der Waals surface area contributed by atoms with Crippen LogP contribution in [0.1, 0.15) is 16.7 Å². The lowest BCUT2D eigenvalue weighted by atomic mass is 10.1. The van der Waals surface area contributed by atoms with Crippen molar-refractivity contribution in [1.29, 1.82) is 0 Å². The van der Waals surface area contributed by atoms with E-state index in [4.69, 9.17) is 8.92 Å². The second kappa shape index (κ2) is 9.90. The molecule has 0 aliphatic carbocycles. The Morgan fingerprint density at radius 3 is 2.39 bits per heavy atom. The van der Waals surface area contributed by atoms with Gasteiger partial charge in [-0.3, -0.25) is 4.79 Å². The van der Waals surface area contributed by atoms with Crippen molar-refractivity contribution in [3.8, 4) is 11.5 Å². The third-order valence-corrected chi connectivity index (χ3v) is 5.56. The summed E-state index contributed by atoms with van der Waals surface area (Å²) in [7, 11) is -2.60. The molecular formula is C23H22N2O5S. The fourth-order valence-electron chi connectivity index (χ4n) is 2.70. The normalized spacial score (nSPS) is 11.3. The second-order valence-corrected chi connectivity index (χ2v) is 8.26. The van der Waals surface area contributed by atoms with Crippen molar-refractivity contribution in [2.75, 3.05) is 7.11 Å². The van der Waals surface area contributed by atoms with E-state index in [9.17, 15) is 13.2 Å². The van der Waals surface area contributed by atoms with Crippen LogP contribution in [0.2, 0.25) is 0 Å². The first-order chi connectivity index (χ1) is 14.9. The molecule has 0 spiro atoms. The summed E-state index contributed by atoms with van der Waals surface area (Å²) in [5, 5.41) is 3.93. The molecule has 0 unspecified atom stereocenters. The summed E-state index contributed by atoms with van der Waals surface area (Å²) >= 11 is 0. The summed E-state index contributed by atoms with van der Waals surface area (Å²) in [4.78, 5) is 12.0. The summed E-state index contributed by atoms with van der Waals surface area (Å²) in [6.45, 7) is 1.87. The molecule has 0 heterocycles. The zero-order valence-corrected chi connectivity index (χ0v) is 17.9. The molecular weight excluding hydrogens is 416 g/mol. The molecule has 31 heavy (non-hydrogen) atoms. The number of methoxy groups -OCH3 is 1. The van der Waals surface area contributed by atoms with Crippen molar-refractivity contribution in [2.45, 2.75) is 18.2 Å². The maximum atomic E-state index is 12.5. The van der Waals surface area contributed by atoms with Gasteiger partial charge in [0.25, 0.3) is 0 Å². The fraction of sp³-hybridized carbons (Fsp3) is 0.130. The molecule has 0 aromatic heterocycles. The Labute approximate surface area is 181 Å². The number of carbonyl (C=O) groups is 1. The van der Waals surface area contributed by atoms with Crippen molar-refractivity contribution < 1.29 is 22.1 Å². The van der Waals surface area contributed by atoms with Crippen LogP contribution in [0.4, 0.5) is 0 Å². The van der Waals surface area contributed by atoms with Gasteiger partial charge in [-0.1, -0.05) is 48.0 Å². The highest BCUT2D eigenvalue weighted by Gasteiger charge is 2.19. The number of hydrogen-bond acceptors (Lipinski definition) is 6. The van der Waals surface area contributed by atoms with Crippen molar-refractivity contribution in [1.82, 2.24) is 5.43 Å². The lowest BCUT2D eigenvalue weighted by Crippen LogP contribution is -2.19. The van der Waals surface area contributed by atoms with Gasteiger partial charge in [-0.2, -0.15) is 13.5 Å². The molecule has 0 radical (unpaired) electrons. The molecule has 0 fully saturated rings. The van der Waals surface area contributed by atoms with Gasteiger partial charge < -0.3 is 8.92 Å². The van der Waals surface area contributed by atoms with Gasteiger partial charge in [0.1, 0.15) is 4.90 Å². The molecule has 1 N–H and O–H groups in total. The highest BCUT2D eigenvalue weighted by atomic mass is 32.2. The van der Waals surface area contributed by atoms with Crippen molar-refractivity contribution >= 4 is 22.2 Å². The monoisotopic (exact) mass is 438 g/mol. The Kier molecular flexibility index (Phi) is 7.04. The first kappa shape index (κ1) is 22.0. The third kappa shape index (κ3) is 6.16. The van der Waals surface area contributed by atoms with Crippen LogP contribution in [0, 0.1) is 6.92 Å². The number of nitrogens with one attached hydrogen (secondary N) is 1. The lowest BCUT2D eigenvalue weighted by Gasteiger charge is -2.11. The third-order valence-electron chi connectivity index (χ3n) is 4.31. The molecule has 3 aromatic carbocycles. The standard InChI is InChI=1S/C23H22N2O5S/c1-17-8-11-20(12-9-17)31(27,28)30-21-13-10-19(14-22(21)29-2)16-24-25-23(26)15-18-6-4-3-5-7-18/h3-14,16H,15H2,1-2H3,(H,25,26)/b24-16-. The molecule has 160 valence electrons. The highest BCUT2D eigenvalue weighted by Crippen LogP contribution is 2.30. The van der Waals surface area contributed by atoms with Gasteiger partial charge in [-0.25, -0.2) is 5.43 Å². The average molecular weight is 439 g/mol. The molecule has 7 nitrogen and oxygen atoms in total. The minimum absolute atomic E-state index is 0.0481. The Morgan fingerprint density at radius 2 is 1.71 bits per heavy atom. The number of nitrogens with zero attached hydrogens (tertiary/aromatic N) is 1. The van der Waals surface area contributed by atoms with Crippen LogP contribution in [0.3, 0.4) is 0 Å². The largest absolute Gasteiger partial charge is 0.493 e. The summed E-state index contributed by atoms with van der Waals surface area (Å²) in [6.07, 6.45) is 1.65. The number of benzene rings is 3. The van der Waals surface area contributed by atoms with E-state index in [1.165, 1.54) is 31.5 Å². The average Bonchev–Trinajstić information content (AvgIpc) is 2.75. The molecule has 0 aliphatic heterocycles. The smallest absolute Gasteiger partial charge is 0.339 e. The van der Waals surface area contributed by atoms with Crippen LogP contribution in [-0.4, -0.2) is 27.6 Å². The Hall–Kier alpha value is -3.65. The second-order valence-electron chi connectivity index (χ2n) is 6.72. The maximum absolute atomic E-state index is 12.5. The topological polar surface area (TPSA) is 94.1 Å². The van der Waals surface area contributed by atoms with E-state index in [1.807, 2.05) is 37.3 Å². The van der Waals surface area contributed by atoms with E-state index < -0.39 is 10.1 Å². The Morgan fingerprint density at radius 1 is 1.00 bits per heavy atom. The predicted molar refractivity (Wildman–Crippen MR) is 118 cm³/mol. The predicted octanol–water partition coefficient (Wildman–Crippen LogP) is 3.46. The molecule has 3 aromatic rings. The van der Waals surface area contributed by atoms with Crippen LogP contribution in [0.15, 0.2) is 82.8 Å². The number of amides is 1. The SMILES string of the molecule is COc1cc(/C=N\NC(=O)Cc2ccccc2)ccc1OS(=O)(=O)c1ccc(C)cc1. The van der Waals surface area contributed by atoms with Crippen LogP contribution in [-0.2, 0) is 21.3 Å². The van der Waals surface area contributed by atoms with Gasteiger partial charge >= 0.3 is 10.1 Å². The zero-order valence-electron chi connectivity index (χ0n) is 17.1. The number of aryl methyl sites for hydroxylation is 1. The molecule has 0 saturated carbocycles. The zero-order chi connectivity index (χ0) is 22.3. The first-order valence-corrected chi connectivity index (χ1v) is 10.8.